The number of nitrogens with one attached hydrogen (secondary N) is 1. The second-order valence-corrected chi connectivity index (χ2v) is 10.0. The first-order valence-corrected chi connectivity index (χ1v) is 11.0. The molecule has 28 heavy (non-hydrogen) atoms. The number of nitrogens with zero attached hydrogens (tertiary/aromatic N) is 2. The molecule has 2 aliphatic heterocycles. The van der Waals surface area contributed by atoms with Crippen LogP contribution in [0.4, 0.5) is 19.0 Å². The third-order valence-electron chi connectivity index (χ3n) is 4.97. The molecule has 0 aromatic carbocycles. The third-order valence-corrected chi connectivity index (χ3v) is 8.43. The molecule has 154 valence electrons. The average molecular weight is 434 g/mol. The minimum absolute atomic E-state index is 0.139. The molecule has 0 bridgehead atoms. The second kappa shape index (κ2) is 8.52. The summed E-state index contributed by atoms with van der Waals surface area (Å²) < 4.78 is 38.6. The Labute approximate surface area is 170 Å². The highest BCUT2D eigenvalue weighted by Crippen LogP contribution is 2.56. The van der Waals surface area contributed by atoms with Crippen LogP contribution >= 0.6 is 23.5 Å². The van der Waals surface area contributed by atoms with Crippen LogP contribution in [0.3, 0.4) is 0 Å². The summed E-state index contributed by atoms with van der Waals surface area (Å²) in [5.41, 5.74) is 0.821. The zero-order valence-electron chi connectivity index (χ0n) is 15.4. The lowest BCUT2D eigenvalue weighted by Crippen LogP contribution is -2.48. The molecular formula is C18H22F3N3O2S2. The fourth-order valence-electron chi connectivity index (χ4n) is 3.38. The van der Waals surface area contributed by atoms with Crippen LogP contribution in [0.15, 0.2) is 18.3 Å². The van der Waals surface area contributed by atoms with Crippen molar-refractivity contribution in [3.8, 4) is 0 Å². The molecule has 2 saturated heterocycles. The predicted octanol–water partition coefficient (Wildman–Crippen LogP) is 3.70. The van der Waals surface area contributed by atoms with Crippen molar-refractivity contribution < 1.29 is 22.8 Å². The lowest BCUT2D eigenvalue weighted by Gasteiger charge is -2.35. The standard InChI is InChI=1S/C18H22F3N3O2S2/c1-12-4-2-6-22-15(12)23-16(26)13-5-3-7-24(11-13)14(25)10-17(18(19,20)21)27-8-9-28-17/h2,4,6,13H,3,5,7-11H2,1H3,(H,22,23,26). The maximum absolute atomic E-state index is 13.5. The van der Waals surface area contributed by atoms with Crippen LogP contribution in [0.25, 0.3) is 0 Å². The largest absolute Gasteiger partial charge is 0.412 e. The van der Waals surface area contributed by atoms with Gasteiger partial charge in [-0.3, -0.25) is 9.59 Å². The first-order chi connectivity index (χ1) is 13.2. The highest BCUT2D eigenvalue weighted by atomic mass is 32.2. The summed E-state index contributed by atoms with van der Waals surface area (Å²) in [4.78, 5) is 30.8. The monoisotopic (exact) mass is 433 g/mol. The Hall–Kier alpha value is -1.42. The van der Waals surface area contributed by atoms with Gasteiger partial charge < -0.3 is 10.2 Å². The minimum atomic E-state index is -4.45. The normalized spacial score (nSPS) is 22.1. The molecule has 2 fully saturated rings. The molecule has 3 rings (SSSR count). The molecule has 10 heteroatoms. The van der Waals surface area contributed by atoms with E-state index in [2.05, 4.69) is 10.3 Å². The molecule has 2 aliphatic rings. The summed E-state index contributed by atoms with van der Waals surface area (Å²) in [7, 11) is 0. The van der Waals surface area contributed by atoms with Gasteiger partial charge in [0.2, 0.25) is 11.8 Å². The molecule has 0 spiro atoms. The maximum atomic E-state index is 13.5. The molecule has 1 N–H and O–H groups in total. The van der Waals surface area contributed by atoms with Crippen molar-refractivity contribution in [1.29, 1.82) is 0 Å². The summed E-state index contributed by atoms with van der Waals surface area (Å²) in [6.07, 6.45) is -2.27. The van der Waals surface area contributed by atoms with Crippen LogP contribution in [0.5, 0.6) is 0 Å². The van der Waals surface area contributed by atoms with Gasteiger partial charge in [0, 0.05) is 30.8 Å². The topological polar surface area (TPSA) is 62.3 Å². The molecule has 1 atom stereocenters. The number of carbonyl (C=O) groups excluding carboxylic acids is 2. The molecule has 5 nitrogen and oxygen atoms in total. The highest BCUT2D eigenvalue weighted by molar-refractivity contribution is 8.21. The Bertz CT molecular complexity index is 739. The van der Waals surface area contributed by atoms with E-state index in [1.165, 1.54) is 4.90 Å². The minimum Gasteiger partial charge on any atom is -0.342 e. The number of carbonyl (C=O) groups is 2. The predicted molar refractivity (Wildman–Crippen MR) is 105 cm³/mol. The number of halogens is 3. The zero-order valence-corrected chi connectivity index (χ0v) is 17.1. The number of thioether (sulfide) groups is 2. The quantitative estimate of drug-likeness (QED) is 0.785. The Kier molecular flexibility index (Phi) is 6.48. The SMILES string of the molecule is Cc1cccnc1NC(=O)C1CCCN(C(=O)CC2(C(F)(F)F)SCCS2)C1. The van der Waals surface area contributed by atoms with E-state index in [0.29, 0.717) is 36.7 Å². The molecule has 1 aromatic heterocycles. The fourth-order valence-corrected chi connectivity index (χ4v) is 6.32. The van der Waals surface area contributed by atoms with Gasteiger partial charge in [-0.25, -0.2) is 4.98 Å². The number of aryl methyl sites for hydroxylation is 1. The van der Waals surface area contributed by atoms with Crippen molar-refractivity contribution in [2.24, 2.45) is 5.92 Å². The van der Waals surface area contributed by atoms with Gasteiger partial charge in [0.15, 0.2) is 4.08 Å². The number of amides is 2. The zero-order chi connectivity index (χ0) is 20.4. The number of anilines is 1. The molecule has 0 aliphatic carbocycles. The van der Waals surface area contributed by atoms with E-state index in [9.17, 15) is 22.8 Å². The first kappa shape index (κ1) is 21.3. The van der Waals surface area contributed by atoms with Crippen molar-refractivity contribution in [1.82, 2.24) is 9.88 Å². The summed E-state index contributed by atoms with van der Waals surface area (Å²) in [6, 6.07) is 3.59. The number of likely N-dealkylation sites (tertiary alicyclic amines) is 1. The van der Waals surface area contributed by atoms with Crippen molar-refractivity contribution >= 4 is 41.2 Å². The molecule has 1 unspecified atom stereocenters. The molecule has 0 saturated carbocycles. The van der Waals surface area contributed by atoms with Gasteiger partial charge in [0.25, 0.3) is 0 Å². The first-order valence-electron chi connectivity index (χ1n) is 9.07. The summed E-state index contributed by atoms with van der Waals surface area (Å²) in [5.74, 6) is -0.0200. The number of hydrogen-bond acceptors (Lipinski definition) is 5. The summed E-state index contributed by atoms with van der Waals surface area (Å²) in [5, 5.41) is 2.77. The smallest absolute Gasteiger partial charge is 0.342 e. The van der Waals surface area contributed by atoms with Gasteiger partial charge in [-0.15, -0.1) is 23.5 Å². The second-order valence-electron chi connectivity index (χ2n) is 6.96. The van der Waals surface area contributed by atoms with Crippen LogP contribution in [0, 0.1) is 12.8 Å². The van der Waals surface area contributed by atoms with Crippen molar-refractivity contribution in [3.05, 3.63) is 23.9 Å². The Morgan fingerprint density at radius 2 is 2.07 bits per heavy atom. The van der Waals surface area contributed by atoms with Gasteiger partial charge in [0.1, 0.15) is 5.82 Å². The van der Waals surface area contributed by atoms with Crippen LogP contribution in [0.1, 0.15) is 24.8 Å². The van der Waals surface area contributed by atoms with Gasteiger partial charge in [-0.1, -0.05) is 6.07 Å². The van der Waals surface area contributed by atoms with E-state index in [0.717, 1.165) is 29.1 Å². The molecule has 2 amide bonds. The van der Waals surface area contributed by atoms with Crippen LogP contribution < -0.4 is 5.32 Å². The van der Waals surface area contributed by atoms with E-state index < -0.39 is 28.5 Å². The number of pyridine rings is 1. The van der Waals surface area contributed by atoms with Gasteiger partial charge in [0.05, 0.1) is 12.3 Å². The number of rotatable bonds is 4. The lowest BCUT2D eigenvalue weighted by molar-refractivity contribution is -0.152. The number of piperidine rings is 1. The highest BCUT2D eigenvalue weighted by Gasteiger charge is 2.59. The Morgan fingerprint density at radius 3 is 2.71 bits per heavy atom. The molecular weight excluding hydrogens is 411 g/mol. The van der Waals surface area contributed by atoms with E-state index in [1.54, 1.807) is 12.3 Å². The molecule has 0 radical (unpaired) electrons. The van der Waals surface area contributed by atoms with Gasteiger partial charge in [-0.2, -0.15) is 13.2 Å². The Balaban J connectivity index is 1.63. The average Bonchev–Trinajstić information content (AvgIpc) is 3.13. The fraction of sp³-hybridized carbons (Fsp3) is 0.611. The number of hydrogen-bond donors (Lipinski definition) is 1. The van der Waals surface area contributed by atoms with E-state index in [-0.39, 0.29) is 12.5 Å². The number of aromatic nitrogens is 1. The lowest BCUT2D eigenvalue weighted by atomic mass is 9.96. The van der Waals surface area contributed by atoms with Crippen molar-refractivity contribution in [2.45, 2.75) is 36.4 Å². The van der Waals surface area contributed by atoms with Crippen LogP contribution in [-0.4, -0.2) is 56.5 Å². The van der Waals surface area contributed by atoms with Crippen molar-refractivity contribution in [2.75, 3.05) is 29.9 Å². The van der Waals surface area contributed by atoms with Crippen molar-refractivity contribution in [3.63, 3.8) is 0 Å². The van der Waals surface area contributed by atoms with Gasteiger partial charge >= 0.3 is 6.18 Å². The van der Waals surface area contributed by atoms with Crippen LogP contribution in [0.2, 0.25) is 0 Å². The van der Waals surface area contributed by atoms with E-state index in [1.807, 2.05) is 13.0 Å². The summed E-state index contributed by atoms with van der Waals surface area (Å²) in [6.45, 7) is 2.35. The third kappa shape index (κ3) is 4.59. The van der Waals surface area contributed by atoms with E-state index >= 15 is 0 Å². The van der Waals surface area contributed by atoms with Gasteiger partial charge in [-0.05, 0) is 31.4 Å². The summed E-state index contributed by atoms with van der Waals surface area (Å²) >= 11 is 1.60. The van der Waals surface area contributed by atoms with E-state index in [4.69, 9.17) is 0 Å². The van der Waals surface area contributed by atoms with Crippen LogP contribution in [-0.2, 0) is 9.59 Å². The maximum Gasteiger partial charge on any atom is 0.412 e. The Morgan fingerprint density at radius 1 is 1.36 bits per heavy atom. The molecule has 3 heterocycles. The molecule has 1 aromatic rings. The number of alkyl halides is 3.